The molecular weight excluding hydrogens is 417 g/mol. The van der Waals surface area contributed by atoms with E-state index < -0.39 is 0 Å². The first kappa shape index (κ1) is 21.5. The quantitative estimate of drug-likeness (QED) is 0.589. The minimum Gasteiger partial charge on any atom is -0.365 e. The SMILES string of the molecule is CC(C)C(C(=O)N1CCN(C2CC2)c2ccccc21)N(C)Cc1cc(Cl)ccc1Cl. The van der Waals surface area contributed by atoms with Gasteiger partial charge in [0.1, 0.15) is 0 Å². The van der Waals surface area contributed by atoms with Crippen LogP contribution in [0.4, 0.5) is 11.4 Å². The lowest BCUT2D eigenvalue weighted by Crippen LogP contribution is -2.53. The fourth-order valence-electron chi connectivity index (χ4n) is 4.55. The van der Waals surface area contributed by atoms with Gasteiger partial charge in [0.15, 0.2) is 0 Å². The van der Waals surface area contributed by atoms with Crippen LogP contribution in [0.1, 0.15) is 32.3 Å². The predicted molar refractivity (Wildman–Crippen MR) is 126 cm³/mol. The number of fused-ring (bicyclic) bond motifs is 1. The number of likely N-dealkylation sites (N-methyl/N-ethyl adjacent to an activating group) is 1. The van der Waals surface area contributed by atoms with Crippen molar-refractivity contribution in [3.63, 3.8) is 0 Å². The highest BCUT2D eigenvalue weighted by atomic mass is 35.5. The molecule has 2 aliphatic rings. The Hall–Kier alpha value is -1.75. The smallest absolute Gasteiger partial charge is 0.244 e. The molecule has 160 valence electrons. The second-order valence-electron chi connectivity index (χ2n) is 8.74. The molecule has 2 aromatic rings. The van der Waals surface area contributed by atoms with Crippen LogP contribution in [0.3, 0.4) is 0 Å². The molecule has 1 heterocycles. The van der Waals surface area contributed by atoms with Gasteiger partial charge in [-0.3, -0.25) is 9.69 Å². The molecule has 0 N–H and O–H groups in total. The number of carbonyl (C=O) groups excluding carboxylic acids is 1. The molecule has 2 aromatic carbocycles. The number of nitrogens with zero attached hydrogens (tertiary/aromatic N) is 3. The Labute approximate surface area is 189 Å². The van der Waals surface area contributed by atoms with Crippen LogP contribution in [0.15, 0.2) is 42.5 Å². The topological polar surface area (TPSA) is 26.8 Å². The highest BCUT2D eigenvalue weighted by Crippen LogP contribution is 2.40. The molecule has 0 spiro atoms. The second-order valence-corrected chi connectivity index (χ2v) is 9.59. The highest BCUT2D eigenvalue weighted by molar-refractivity contribution is 6.33. The van der Waals surface area contributed by atoms with Crippen molar-refractivity contribution in [2.45, 2.75) is 45.3 Å². The third kappa shape index (κ3) is 4.32. The second kappa shape index (κ2) is 8.78. The van der Waals surface area contributed by atoms with Crippen LogP contribution in [0.2, 0.25) is 10.0 Å². The van der Waals surface area contributed by atoms with Crippen LogP contribution in [0.25, 0.3) is 0 Å². The first-order valence-corrected chi connectivity index (χ1v) is 11.4. The normalized spacial score (nSPS) is 17.4. The van der Waals surface area contributed by atoms with E-state index in [1.54, 1.807) is 6.07 Å². The van der Waals surface area contributed by atoms with E-state index >= 15 is 0 Å². The number of carbonyl (C=O) groups is 1. The summed E-state index contributed by atoms with van der Waals surface area (Å²) < 4.78 is 0. The monoisotopic (exact) mass is 445 g/mol. The molecule has 0 aromatic heterocycles. The molecule has 1 fully saturated rings. The third-order valence-electron chi connectivity index (χ3n) is 6.09. The lowest BCUT2D eigenvalue weighted by molar-refractivity contribution is -0.125. The van der Waals surface area contributed by atoms with Crippen LogP contribution in [0, 0.1) is 5.92 Å². The van der Waals surface area contributed by atoms with E-state index in [9.17, 15) is 4.79 Å². The molecule has 4 rings (SSSR count). The standard InChI is InChI=1S/C24H29Cl2N3O/c1-16(2)23(27(3)15-17-14-18(25)8-11-20(17)26)24(30)29-13-12-28(19-9-10-19)21-6-4-5-7-22(21)29/h4-8,11,14,16,19,23H,9-10,12-13,15H2,1-3H3. The average molecular weight is 446 g/mol. The summed E-state index contributed by atoms with van der Waals surface area (Å²) in [5, 5.41) is 1.32. The Kier molecular flexibility index (Phi) is 6.29. The van der Waals surface area contributed by atoms with Crippen LogP contribution < -0.4 is 9.80 Å². The summed E-state index contributed by atoms with van der Waals surface area (Å²) in [4.78, 5) is 20.3. The third-order valence-corrected chi connectivity index (χ3v) is 6.69. The van der Waals surface area contributed by atoms with E-state index in [0.717, 1.165) is 24.3 Å². The molecular formula is C24H29Cl2N3O. The summed E-state index contributed by atoms with van der Waals surface area (Å²) in [6.07, 6.45) is 2.50. The van der Waals surface area contributed by atoms with Crippen molar-refractivity contribution in [1.29, 1.82) is 0 Å². The fourth-order valence-corrected chi connectivity index (χ4v) is 4.92. The molecule has 0 saturated heterocycles. The van der Waals surface area contributed by atoms with Gasteiger partial charge in [-0.25, -0.2) is 0 Å². The fraction of sp³-hybridized carbons (Fsp3) is 0.458. The van der Waals surface area contributed by atoms with E-state index in [-0.39, 0.29) is 17.9 Å². The summed E-state index contributed by atoms with van der Waals surface area (Å²) in [7, 11) is 1.99. The molecule has 1 aliphatic carbocycles. The molecule has 0 radical (unpaired) electrons. The summed E-state index contributed by atoms with van der Waals surface area (Å²) in [5.41, 5.74) is 3.15. The maximum Gasteiger partial charge on any atom is 0.244 e. The van der Waals surface area contributed by atoms with Gasteiger partial charge in [-0.2, -0.15) is 0 Å². The summed E-state index contributed by atoms with van der Waals surface area (Å²) in [6.45, 7) is 6.39. The van der Waals surface area contributed by atoms with Gasteiger partial charge in [0.2, 0.25) is 5.91 Å². The summed E-state index contributed by atoms with van der Waals surface area (Å²) >= 11 is 12.6. The van der Waals surface area contributed by atoms with E-state index in [4.69, 9.17) is 23.2 Å². The zero-order valence-corrected chi connectivity index (χ0v) is 19.3. The van der Waals surface area contributed by atoms with Crippen LogP contribution in [-0.4, -0.2) is 43.0 Å². The molecule has 1 unspecified atom stereocenters. The van der Waals surface area contributed by atoms with E-state index in [0.29, 0.717) is 22.6 Å². The van der Waals surface area contributed by atoms with E-state index in [1.165, 1.54) is 18.5 Å². The number of anilines is 2. The number of para-hydroxylation sites is 2. The summed E-state index contributed by atoms with van der Waals surface area (Å²) in [6, 6.07) is 14.2. The lowest BCUT2D eigenvalue weighted by Gasteiger charge is -2.41. The van der Waals surface area contributed by atoms with E-state index in [1.807, 2.05) is 30.1 Å². The number of hydrogen-bond donors (Lipinski definition) is 0. The number of benzene rings is 2. The zero-order valence-electron chi connectivity index (χ0n) is 17.8. The van der Waals surface area contributed by atoms with Crippen molar-refractivity contribution in [1.82, 2.24) is 4.90 Å². The van der Waals surface area contributed by atoms with Crippen molar-refractivity contribution in [2.75, 3.05) is 29.9 Å². The van der Waals surface area contributed by atoms with Crippen LogP contribution >= 0.6 is 23.2 Å². The van der Waals surface area contributed by atoms with Gasteiger partial charge in [-0.05, 0) is 61.7 Å². The molecule has 6 heteroatoms. The Morgan fingerprint density at radius 1 is 1.10 bits per heavy atom. The Morgan fingerprint density at radius 3 is 2.47 bits per heavy atom. The molecule has 1 saturated carbocycles. The van der Waals surface area contributed by atoms with Gasteiger partial charge in [0.25, 0.3) is 0 Å². The minimum absolute atomic E-state index is 0.147. The van der Waals surface area contributed by atoms with Crippen molar-refractivity contribution in [3.05, 3.63) is 58.1 Å². The molecule has 30 heavy (non-hydrogen) atoms. The molecule has 4 nitrogen and oxygen atoms in total. The van der Waals surface area contributed by atoms with Crippen LogP contribution in [-0.2, 0) is 11.3 Å². The Bertz CT molecular complexity index is 928. The maximum atomic E-state index is 13.8. The zero-order chi connectivity index (χ0) is 21.4. The average Bonchev–Trinajstić information content (AvgIpc) is 3.55. The van der Waals surface area contributed by atoms with Gasteiger partial charge < -0.3 is 9.80 Å². The molecule has 1 aliphatic heterocycles. The van der Waals surface area contributed by atoms with Gasteiger partial charge >= 0.3 is 0 Å². The minimum atomic E-state index is -0.249. The lowest BCUT2D eigenvalue weighted by atomic mass is 9.99. The summed E-state index contributed by atoms with van der Waals surface area (Å²) in [5.74, 6) is 0.308. The van der Waals surface area contributed by atoms with Gasteiger partial charge in [-0.1, -0.05) is 49.2 Å². The highest BCUT2D eigenvalue weighted by Gasteiger charge is 2.38. The molecule has 1 amide bonds. The number of rotatable bonds is 6. The predicted octanol–water partition coefficient (Wildman–Crippen LogP) is 5.47. The van der Waals surface area contributed by atoms with Crippen molar-refractivity contribution >= 4 is 40.5 Å². The molecule has 1 atom stereocenters. The van der Waals surface area contributed by atoms with Crippen LogP contribution in [0.5, 0.6) is 0 Å². The van der Waals surface area contributed by atoms with Crippen molar-refractivity contribution < 1.29 is 4.79 Å². The van der Waals surface area contributed by atoms with E-state index in [2.05, 4.69) is 41.8 Å². The van der Waals surface area contributed by atoms with Crippen molar-refractivity contribution in [3.8, 4) is 0 Å². The molecule has 0 bridgehead atoms. The largest absolute Gasteiger partial charge is 0.365 e. The van der Waals surface area contributed by atoms with Gasteiger partial charge in [-0.15, -0.1) is 0 Å². The van der Waals surface area contributed by atoms with Gasteiger partial charge in [0.05, 0.1) is 17.4 Å². The van der Waals surface area contributed by atoms with Crippen molar-refractivity contribution in [2.24, 2.45) is 5.92 Å². The Balaban J connectivity index is 1.59. The number of amides is 1. The first-order chi connectivity index (χ1) is 14.4. The maximum absolute atomic E-state index is 13.8. The number of hydrogen-bond acceptors (Lipinski definition) is 3. The Morgan fingerprint density at radius 2 is 1.80 bits per heavy atom. The number of halogens is 2. The van der Waals surface area contributed by atoms with Gasteiger partial charge in [0, 0.05) is 35.7 Å². The first-order valence-electron chi connectivity index (χ1n) is 10.7.